The predicted octanol–water partition coefficient (Wildman–Crippen LogP) is 4.87. The highest BCUT2D eigenvalue weighted by Crippen LogP contribution is 2.29. The first-order valence-corrected chi connectivity index (χ1v) is 10.9. The van der Waals surface area contributed by atoms with Crippen molar-refractivity contribution in [3.05, 3.63) is 72.8 Å². The van der Waals surface area contributed by atoms with Crippen LogP contribution in [0.1, 0.15) is 25.8 Å². The molecule has 32 heavy (non-hydrogen) atoms. The average Bonchev–Trinajstić information content (AvgIpc) is 3.18. The van der Waals surface area contributed by atoms with Crippen molar-refractivity contribution < 1.29 is 18.7 Å². The number of aromatic nitrogens is 3. The molecular weight excluding hydrogens is 431 g/mol. The van der Waals surface area contributed by atoms with Crippen molar-refractivity contribution >= 4 is 23.4 Å². The summed E-state index contributed by atoms with van der Waals surface area (Å²) in [7, 11) is 1.59. The van der Waals surface area contributed by atoms with Gasteiger partial charge in [-0.15, -0.1) is 16.8 Å². The van der Waals surface area contributed by atoms with Crippen molar-refractivity contribution in [2.45, 2.75) is 36.9 Å². The molecule has 0 spiro atoms. The van der Waals surface area contributed by atoms with Gasteiger partial charge in [0.1, 0.15) is 17.3 Å². The Balaban J connectivity index is 1.74. The first-order chi connectivity index (χ1) is 15.4. The maximum atomic E-state index is 13.8. The van der Waals surface area contributed by atoms with Crippen LogP contribution in [0.25, 0.3) is 0 Å². The van der Waals surface area contributed by atoms with Gasteiger partial charge < -0.3 is 14.8 Å². The normalized spacial score (nSPS) is 12.6. The number of para-hydroxylation sites is 1. The van der Waals surface area contributed by atoms with Crippen LogP contribution in [-0.2, 0) is 11.3 Å². The minimum absolute atomic E-state index is 0.138. The van der Waals surface area contributed by atoms with E-state index in [1.54, 1.807) is 38.3 Å². The summed E-state index contributed by atoms with van der Waals surface area (Å²) in [5.41, 5.74) is 0.138. The number of nitrogens with zero attached hydrogens (tertiary/aromatic N) is 3. The van der Waals surface area contributed by atoms with Gasteiger partial charge in [-0.25, -0.2) is 4.39 Å². The van der Waals surface area contributed by atoms with Gasteiger partial charge in [-0.1, -0.05) is 36.0 Å². The van der Waals surface area contributed by atoms with E-state index in [0.29, 0.717) is 29.0 Å². The number of hydrogen-bond acceptors (Lipinski definition) is 6. The first-order valence-electron chi connectivity index (χ1n) is 9.99. The first kappa shape index (κ1) is 23.3. The summed E-state index contributed by atoms with van der Waals surface area (Å²) in [5, 5.41) is 11.1. The molecule has 7 nitrogen and oxygen atoms in total. The fourth-order valence-electron chi connectivity index (χ4n) is 2.93. The number of amides is 1. The molecule has 3 rings (SSSR count). The second kappa shape index (κ2) is 10.8. The minimum atomic E-state index is -0.537. The van der Waals surface area contributed by atoms with Crippen molar-refractivity contribution in [3.63, 3.8) is 0 Å². The number of carbonyl (C=O) groups is 1. The molecule has 2 unspecified atom stereocenters. The molecule has 0 aliphatic heterocycles. The summed E-state index contributed by atoms with van der Waals surface area (Å²) < 4.78 is 26.9. The van der Waals surface area contributed by atoms with Gasteiger partial charge in [0.2, 0.25) is 5.91 Å². The Morgan fingerprint density at radius 3 is 2.69 bits per heavy atom. The SMILES string of the molecule is C=CCn1c(SC(C)C(=O)Nc2ccccc2F)nnc1C(C)Oc1cccc(OC)c1. The van der Waals surface area contributed by atoms with Gasteiger partial charge in [0.15, 0.2) is 17.1 Å². The van der Waals surface area contributed by atoms with Crippen molar-refractivity contribution in [2.24, 2.45) is 0 Å². The number of halogens is 1. The van der Waals surface area contributed by atoms with E-state index in [9.17, 15) is 9.18 Å². The van der Waals surface area contributed by atoms with Gasteiger partial charge in [0.25, 0.3) is 0 Å². The highest BCUT2D eigenvalue weighted by atomic mass is 32.2. The zero-order valence-corrected chi connectivity index (χ0v) is 18.9. The van der Waals surface area contributed by atoms with Crippen LogP contribution in [0.3, 0.4) is 0 Å². The van der Waals surface area contributed by atoms with Gasteiger partial charge in [-0.05, 0) is 38.1 Å². The summed E-state index contributed by atoms with van der Waals surface area (Å²) in [6.07, 6.45) is 1.31. The minimum Gasteiger partial charge on any atom is -0.497 e. The lowest BCUT2D eigenvalue weighted by Gasteiger charge is -2.17. The van der Waals surface area contributed by atoms with Crippen molar-refractivity contribution in [2.75, 3.05) is 12.4 Å². The zero-order valence-electron chi connectivity index (χ0n) is 18.1. The number of nitrogens with one attached hydrogen (secondary N) is 1. The van der Waals surface area contributed by atoms with Crippen molar-refractivity contribution in [1.82, 2.24) is 14.8 Å². The molecule has 1 N–H and O–H groups in total. The summed E-state index contributed by atoms with van der Waals surface area (Å²) >= 11 is 1.23. The summed E-state index contributed by atoms with van der Waals surface area (Å²) in [6.45, 7) is 7.83. The Morgan fingerprint density at radius 2 is 1.97 bits per heavy atom. The number of ether oxygens (including phenoxy) is 2. The lowest BCUT2D eigenvalue weighted by atomic mass is 10.3. The lowest BCUT2D eigenvalue weighted by molar-refractivity contribution is -0.115. The van der Waals surface area contributed by atoms with Crippen molar-refractivity contribution in [1.29, 1.82) is 0 Å². The number of allylic oxidation sites excluding steroid dienone is 1. The maximum absolute atomic E-state index is 13.8. The highest BCUT2D eigenvalue weighted by Gasteiger charge is 2.23. The largest absolute Gasteiger partial charge is 0.497 e. The van der Waals surface area contributed by atoms with Crippen LogP contribution in [0.15, 0.2) is 66.3 Å². The molecule has 2 aromatic carbocycles. The van der Waals surface area contributed by atoms with Crippen molar-refractivity contribution in [3.8, 4) is 11.5 Å². The van der Waals surface area contributed by atoms with Crippen LogP contribution in [0.4, 0.5) is 10.1 Å². The molecule has 0 saturated carbocycles. The molecule has 3 aromatic rings. The van der Waals surface area contributed by atoms with E-state index in [4.69, 9.17) is 9.47 Å². The summed E-state index contributed by atoms with van der Waals surface area (Å²) in [4.78, 5) is 12.6. The second-order valence-corrected chi connectivity index (χ2v) is 8.22. The van der Waals surface area contributed by atoms with Crippen LogP contribution in [0.2, 0.25) is 0 Å². The molecule has 9 heteroatoms. The quantitative estimate of drug-likeness (QED) is 0.346. The fourth-order valence-corrected chi connectivity index (χ4v) is 3.79. The third kappa shape index (κ3) is 5.67. The van der Waals surface area contributed by atoms with E-state index in [2.05, 4.69) is 22.1 Å². The maximum Gasteiger partial charge on any atom is 0.237 e. The topological polar surface area (TPSA) is 78.3 Å². The van der Waals surface area contributed by atoms with Gasteiger partial charge >= 0.3 is 0 Å². The van der Waals surface area contributed by atoms with Crippen LogP contribution in [0, 0.1) is 5.82 Å². The molecule has 0 aliphatic rings. The van der Waals surface area contributed by atoms with Crippen LogP contribution in [0.5, 0.6) is 11.5 Å². The van der Waals surface area contributed by atoms with Crippen LogP contribution < -0.4 is 14.8 Å². The number of rotatable bonds is 10. The molecular formula is C23H25FN4O3S. The van der Waals surface area contributed by atoms with E-state index in [1.807, 2.05) is 29.7 Å². The molecule has 168 valence electrons. The molecule has 0 fully saturated rings. The smallest absolute Gasteiger partial charge is 0.237 e. The van der Waals surface area contributed by atoms with Crippen LogP contribution in [-0.4, -0.2) is 33.0 Å². The van der Waals surface area contributed by atoms with Gasteiger partial charge in [0.05, 0.1) is 18.0 Å². The fraction of sp³-hybridized carbons (Fsp3) is 0.261. The number of anilines is 1. The summed E-state index contributed by atoms with van der Waals surface area (Å²) in [6, 6.07) is 13.3. The number of carbonyl (C=O) groups excluding carboxylic acids is 1. The Labute approximate surface area is 190 Å². The molecule has 0 radical (unpaired) electrons. The lowest BCUT2D eigenvalue weighted by Crippen LogP contribution is -2.23. The molecule has 2 atom stereocenters. The third-order valence-corrected chi connectivity index (χ3v) is 5.64. The second-order valence-electron chi connectivity index (χ2n) is 6.91. The number of methoxy groups -OCH3 is 1. The molecule has 0 aliphatic carbocycles. The Hall–Kier alpha value is -3.33. The number of hydrogen-bond donors (Lipinski definition) is 1. The zero-order chi connectivity index (χ0) is 23.1. The molecule has 1 heterocycles. The van der Waals surface area contributed by atoms with E-state index in [-0.39, 0.29) is 11.6 Å². The number of benzene rings is 2. The monoisotopic (exact) mass is 456 g/mol. The van der Waals surface area contributed by atoms with E-state index in [1.165, 1.54) is 23.9 Å². The molecule has 0 saturated heterocycles. The standard InChI is InChI=1S/C23H25FN4O3S/c1-5-13-28-21(15(2)31-18-10-8-9-17(14-18)30-4)26-27-23(28)32-16(3)22(29)25-20-12-7-6-11-19(20)24/h5-12,14-16H,1,13H2,2-4H3,(H,25,29). The van der Waals surface area contributed by atoms with Crippen LogP contribution >= 0.6 is 11.8 Å². The van der Waals surface area contributed by atoms with E-state index < -0.39 is 17.2 Å². The molecule has 1 aromatic heterocycles. The van der Waals surface area contributed by atoms with Gasteiger partial charge in [-0.2, -0.15) is 0 Å². The molecule has 1 amide bonds. The number of thioether (sulfide) groups is 1. The summed E-state index contributed by atoms with van der Waals surface area (Å²) in [5.74, 6) is 1.09. The predicted molar refractivity (Wildman–Crippen MR) is 123 cm³/mol. The highest BCUT2D eigenvalue weighted by molar-refractivity contribution is 8.00. The Kier molecular flexibility index (Phi) is 7.88. The Bertz CT molecular complexity index is 1090. The van der Waals surface area contributed by atoms with Gasteiger partial charge in [-0.3, -0.25) is 9.36 Å². The van der Waals surface area contributed by atoms with E-state index >= 15 is 0 Å². The third-order valence-electron chi connectivity index (χ3n) is 4.56. The molecule has 0 bridgehead atoms. The van der Waals surface area contributed by atoms with E-state index in [0.717, 1.165) is 0 Å². The van der Waals surface area contributed by atoms with Gasteiger partial charge in [0, 0.05) is 12.6 Å². The Morgan fingerprint density at radius 1 is 1.22 bits per heavy atom. The average molecular weight is 457 g/mol.